The Morgan fingerprint density at radius 1 is 1.14 bits per heavy atom. The minimum Gasteiger partial charge on any atom is -0.444 e. The zero-order valence-electron chi connectivity index (χ0n) is 24.2. The van der Waals surface area contributed by atoms with Crippen LogP contribution in [0.4, 0.5) is 23.7 Å². The number of nitrogen functional groups attached to an aromatic ring is 1. The van der Waals surface area contributed by atoms with Gasteiger partial charge in [-0.2, -0.15) is 18.4 Å². The second kappa shape index (κ2) is 13.0. The minimum atomic E-state index is -4.96. The van der Waals surface area contributed by atoms with Gasteiger partial charge in [0.05, 0.1) is 45.8 Å². The number of alkyl halides is 3. The lowest BCUT2D eigenvalue weighted by Crippen LogP contribution is -2.49. The van der Waals surface area contributed by atoms with Crippen LogP contribution >= 0.6 is 11.6 Å². The van der Waals surface area contributed by atoms with Crippen molar-refractivity contribution in [3.63, 3.8) is 0 Å². The highest BCUT2D eigenvalue weighted by Crippen LogP contribution is 2.41. The highest BCUT2D eigenvalue weighted by atomic mass is 35.5. The van der Waals surface area contributed by atoms with Crippen LogP contribution in [0.2, 0.25) is 5.02 Å². The third-order valence-electron chi connectivity index (χ3n) is 6.66. The number of halogens is 4. The van der Waals surface area contributed by atoms with Crippen LogP contribution in [0.25, 0.3) is 0 Å². The summed E-state index contributed by atoms with van der Waals surface area (Å²) in [6.45, 7) is 6.49. The van der Waals surface area contributed by atoms with Crippen molar-refractivity contribution in [2.45, 2.75) is 52.6 Å². The lowest BCUT2D eigenvalue weighted by Gasteiger charge is -2.36. The summed E-state index contributed by atoms with van der Waals surface area (Å²) in [5.41, 5.74) is 3.07. The van der Waals surface area contributed by atoms with Crippen molar-refractivity contribution < 1.29 is 35.9 Å². The van der Waals surface area contributed by atoms with Gasteiger partial charge in [-0.15, -0.1) is 0 Å². The molecule has 10 nitrogen and oxygen atoms in total. The Morgan fingerprint density at radius 2 is 1.77 bits per heavy atom. The first kappa shape index (κ1) is 34.0. The number of carbonyl (C=O) groups excluding carboxylic acids is 2. The van der Waals surface area contributed by atoms with E-state index in [4.69, 9.17) is 22.1 Å². The van der Waals surface area contributed by atoms with Gasteiger partial charge in [0.2, 0.25) is 10.0 Å². The topological polar surface area (TPSA) is 137 Å². The van der Waals surface area contributed by atoms with Crippen LogP contribution in [0, 0.1) is 11.3 Å². The van der Waals surface area contributed by atoms with E-state index >= 15 is 0 Å². The van der Waals surface area contributed by atoms with E-state index in [2.05, 4.69) is 0 Å². The van der Waals surface area contributed by atoms with Gasteiger partial charge in [0.15, 0.2) is 0 Å². The number of sulfonamides is 1. The molecule has 0 unspecified atom stereocenters. The fraction of sp³-hybridized carbons (Fsp3) is 0.464. The molecule has 0 radical (unpaired) electrons. The molecule has 0 atom stereocenters. The number of carbonyl (C=O) groups is 2. The van der Waals surface area contributed by atoms with E-state index in [0.29, 0.717) is 10.4 Å². The molecule has 1 saturated heterocycles. The fourth-order valence-corrected chi connectivity index (χ4v) is 5.69. The molecule has 234 valence electrons. The molecule has 0 aromatic heterocycles. The van der Waals surface area contributed by atoms with Crippen LogP contribution in [-0.4, -0.2) is 72.1 Å². The highest BCUT2D eigenvalue weighted by molar-refractivity contribution is 7.89. The summed E-state index contributed by atoms with van der Waals surface area (Å²) in [4.78, 5) is 29.1. The molecule has 0 aliphatic carbocycles. The maximum atomic E-state index is 14.4. The zero-order chi connectivity index (χ0) is 32.3. The molecule has 1 aliphatic heterocycles. The quantitative estimate of drug-likeness (QED) is 0.423. The lowest BCUT2D eigenvalue weighted by molar-refractivity contribution is -0.138. The monoisotopic (exact) mass is 643 g/mol. The summed E-state index contributed by atoms with van der Waals surface area (Å²) in [6, 6.07) is 8.26. The third kappa shape index (κ3) is 8.31. The van der Waals surface area contributed by atoms with E-state index in [-0.39, 0.29) is 49.4 Å². The van der Waals surface area contributed by atoms with Gasteiger partial charge in [0, 0.05) is 32.7 Å². The van der Waals surface area contributed by atoms with Gasteiger partial charge >= 0.3 is 12.3 Å². The Balaban J connectivity index is 1.96. The molecule has 0 saturated carbocycles. The summed E-state index contributed by atoms with van der Waals surface area (Å²) < 4.78 is 74.7. The molecule has 2 N–H and O–H groups in total. The number of ether oxygens (including phenoxy) is 1. The molecule has 1 heterocycles. The molecule has 1 aliphatic rings. The van der Waals surface area contributed by atoms with E-state index in [1.807, 2.05) is 6.07 Å². The number of nitriles is 1. The van der Waals surface area contributed by atoms with Gasteiger partial charge in [0.25, 0.3) is 5.91 Å². The van der Waals surface area contributed by atoms with Gasteiger partial charge in [-0.05, 0) is 57.0 Å². The van der Waals surface area contributed by atoms with E-state index in [0.717, 1.165) is 0 Å². The number of amides is 2. The Bertz CT molecular complexity index is 1530. The molecule has 1 fully saturated rings. The van der Waals surface area contributed by atoms with Crippen LogP contribution in [0.15, 0.2) is 30.3 Å². The first-order valence-corrected chi connectivity index (χ1v) is 15.3. The molecule has 2 amide bonds. The number of nitrogens with two attached hydrogens (primary N) is 1. The average molecular weight is 644 g/mol. The standard InChI is InChI=1S/C28H33ClF3N5O5S/c1-5-43(40,41)37(16-19-8-6-7-18(13-19)15-33)25(38)20-14-22(28(30,31)32)21(23(29)24(20)34)17-35-9-11-36(12-10-35)26(39)42-27(2,3)4/h6-8,13-14H,5,9-12,16-17,34H2,1-4H3. The van der Waals surface area contributed by atoms with Crippen LogP contribution in [0.1, 0.15) is 60.3 Å². The first-order valence-electron chi connectivity index (χ1n) is 13.3. The highest BCUT2D eigenvalue weighted by Gasteiger charge is 2.39. The molecule has 2 aromatic rings. The van der Waals surface area contributed by atoms with Gasteiger partial charge in [-0.3, -0.25) is 9.69 Å². The number of anilines is 1. The predicted octanol–water partition coefficient (Wildman–Crippen LogP) is 4.86. The predicted molar refractivity (Wildman–Crippen MR) is 154 cm³/mol. The van der Waals surface area contributed by atoms with Gasteiger partial charge in [0.1, 0.15) is 5.60 Å². The van der Waals surface area contributed by atoms with Crippen molar-refractivity contribution in [2.24, 2.45) is 0 Å². The maximum Gasteiger partial charge on any atom is 0.416 e. The summed E-state index contributed by atoms with van der Waals surface area (Å²) >= 11 is 6.38. The van der Waals surface area contributed by atoms with E-state index < -0.39 is 67.9 Å². The number of benzene rings is 2. The van der Waals surface area contributed by atoms with Gasteiger partial charge in [-0.1, -0.05) is 23.7 Å². The second-order valence-electron chi connectivity index (χ2n) is 10.9. The van der Waals surface area contributed by atoms with Crippen molar-refractivity contribution in [3.05, 3.63) is 63.2 Å². The normalized spacial score (nSPS) is 14.7. The zero-order valence-corrected chi connectivity index (χ0v) is 25.7. The first-order chi connectivity index (χ1) is 19.9. The van der Waals surface area contributed by atoms with Crippen molar-refractivity contribution in [2.75, 3.05) is 37.7 Å². The van der Waals surface area contributed by atoms with Crippen molar-refractivity contribution in [1.82, 2.24) is 14.1 Å². The smallest absolute Gasteiger partial charge is 0.416 e. The number of hydrogen-bond acceptors (Lipinski definition) is 8. The molecule has 15 heteroatoms. The number of piperazine rings is 1. The Labute approximate surface area is 253 Å². The van der Waals surface area contributed by atoms with Crippen LogP contribution in [0.5, 0.6) is 0 Å². The minimum absolute atomic E-state index is 0.205. The molecular formula is C28H33ClF3N5O5S. The molecule has 0 spiro atoms. The fourth-order valence-electron chi connectivity index (χ4n) is 4.42. The summed E-state index contributed by atoms with van der Waals surface area (Å²) in [5.74, 6) is -1.81. The van der Waals surface area contributed by atoms with E-state index in [1.165, 1.54) is 36.1 Å². The van der Waals surface area contributed by atoms with Crippen molar-refractivity contribution in [3.8, 4) is 6.07 Å². The molecule has 2 aromatic carbocycles. The van der Waals surface area contributed by atoms with Gasteiger partial charge < -0.3 is 15.4 Å². The van der Waals surface area contributed by atoms with Crippen LogP contribution < -0.4 is 5.73 Å². The second-order valence-corrected chi connectivity index (χ2v) is 13.5. The lowest BCUT2D eigenvalue weighted by atomic mass is 9.99. The maximum absolute atomic E-state index is 14.4. The van der Waals surface area contributed by atoms with Crippen molar-refractivity contribution in [1.29, 1.82) is 5.26 Å². The number of hydrogen-bond donors (Lipinski definition) is 1. The largest absolute Gasteiger partial charge is 0.444 e. The average Bonchev–Trinajstić information content (AvgIpc) is 2.92. The molecule has 3 rings (SSSR count). The SMILES string of the molecule is CCS(=O)(=O)N(Cc1cccc(C#N)c1)C(=O)c1cc(C(F)(F)F)c(CN2CCN(C(=O)OC(C)(C)C)CC2)c(Cl)c1N. The van der Waals surface area contributed by atoms with Crippen LogP contribution in [-0.2, 0) is 34.0 Å². The van der Waals surface area contributed by atoms with E-state index in [9.17, 15) is 36.4 Å². The third-order valence-corrected chi connectivity index (χ3v) is 8.78. The summed E-state index contributed by atoms with van der Waals surface area (Å²) in [7, 11) is -4.29. The molecule has 0 bridgehead atoms. The number of nitrogens with zero attached hydrogens (tertiary/aromatic N) is 4. The Kier molecular flexibility index (Phi) is 10.3. The van der Waals surface area contributed by atoms with Crippen molar-refractivity contribution >= 4 is 39.3 Å². The van der Waals surface area contributed by atoms with Crippen LogP contribution in [0.3, 0.4) is 0 Å². The Morgan fingerprint density at radius 3 is 2.30 bits per heavy atom. The summed E-state index contributed by atoms with van der Waals surface area (Å²) in [6.07, 6.45) is -5.49. The van der Waals surface area contributed by atoms with Gasteiger partial charge in [-0.25, -0.2) is 17.5 Å². The number of rotatable bonds is 7. The van der Waals surface area contributed by atoms with E-state index in [1.54, 1.807) is 25.7 Å². The Hall–Kier alpha value is -3.54. The molecular weight excluding hydrogens is 611 g/mol. The molecule has 43 heavy (non-hydrogen) atoms. The summed E-state index contributed by atoms with van der Waals surface area (Å²) in [5, 5.41) is 8.65.